The Hall–Kier alpha value is -0.940. The van der Waals surface area contributed by atoms with Crippen molar-refractivity contribution in [2.45, 2.75) is 143 Å². The molecule has 3 rings (SSSR count). The van der Waals surface area contributed by atoms with E-state index in [1.54, 1.807) is 6.92 Å². The van der Waals surface area contributed by atoms with E-state index in [2.05, 4.69) is 32.7 Å². The third kappa shape index (κ3) is 7.78. The molecule has 0 unspecified atom stereocenters. The topological polar surface area (TPSA) is 79.1 Å². The van der Waals surface area contributed by atoms with Gasteiger partial charge in [0.1, 0.15) is 5.60 Å². The molecule has 0 aromatic carbocycles. The number of aliphatic hydroxyl groups is 2. The number of hydrogen-bond donors (Lipinski definition) is 2. The summed E-state index contributed by atoms with van der Waals surface area (Å²) in [4.78, 5) is 17.3. The van der Waals surface area contributed by atoms with Crippen LogP contribution in [0.4, 0.5) is 0 Å². The summed E-state index contributed by atoms with van der Waals surface area (Å²) in [5.41, 5.74) is -0.273. The van der Waals surface area contributed by atoms with Gasteiger partial charge in [-0.1, -0.05) is 91.9 Å². The summed E-state index contributed by atoms with van der Waals surface area (Å²) in [6.45, 7) is 12.9. The Bertz CT molecular complexity index is 655. The highest BCUT2D eigenvalue weighted by molar-refractivity contribution is 5.96. The number of fused-ring (bicyclic) bond motifs is 2. The van der Waals surface area contributed by atoms with E-state index < -0.39 is 23.7 Å². The number of carbonyl (C=O) groups is 1. The molecule has 0 saturated heterocycles. The lowest BCUT2D eigenvalue weighted by atomic mass is 9.44. The summed E-state index contributed by atoms with van der Waals surface area (Å²) in [7, 11) is 0. The predicted molar refractivity (Wildman–Crippen MR) is 140 cm³/mol. The molecule has 2 bridgehead atoms. The van der Waals surface area contributed by atoms with E-state index in [0.29, 0.717) is 24.5 Å². The van der Waals surface area contributed by atoms with Gasteiger partial charge in [-0.15, -0.1) is 0 Å². The zero-order valence-corrected chi connectivity index (χ0v) is 22.9. The van der Waals surface area contributed by atoms with Crippen LogP contribution in [0.1, 0.15) is 125 Å². The van der Waals surface area contributed by atoms with Crippen molar-refractivity contribution < 1.29 is 19.7 Å². The normalized spacial score (nSPS) is 28.6. The zero-order valence-electron chi connectivity index (χ0n) is 22.9. The molecule has 0 spiro atoms. The minimum atomic E-state index is -1.03. The first-order valence-electron chi connectivity index (χ1n) is 14.2. The first-order valence-corrected chi connectivity index (χ1v) is 14.2. The molecule has 0 aromatic rings. The van der Waals surface area contributed by atoms with E-state index in [9.17, 15) is 15.0 Å². The second-order valence-corrected chi connectivity index (χ2v) is 12.2. The summed E-state index contributed by atoms with van der Waals surface area (Å²) in [6.07, 6.45) is 13.7. The smallest absolute Gasteiger partial charge is 0.333 e. The molecule has 3 fully saturated rings. The monoisotopic (exact) mass is 479 g/mol. The molecule has 198 valence electrons. The largest absolute Gasteiger partial charge is 0.464 e. The Morgan fingerprint density at radius 3 is 2.00 bits per heavy atom. The molecule has 2 N–H and O–H groups in total. The molecule has 5 atom stereocenters. The molecule has 3 saturated carbocycles. The summed E-state index contributed by atoms with van der Waals surface area (Å²) < 4.78 is 5.24. The fourth-order valence-corrected chi connectivity index (χ4v) is 6.13. The van der Waals surface area contributed by atoms with Gasteiger partial charge in [0, 0.05) is 5.71 Å². The van der Waals surface area contributed by atoms with Crippen LogP contribution >= 0.6 is 0 Å². The van der Waals surface area contributed by atoms with Crippen molar-refractivity contribution in [2.24, 2.45) is 28.2 Å². The maximum absolute atomic E-state index is 12.6. The minimum Gasteiger partial charge on any atom is -0.464 e. The van der Waals surface area contributed by atoms with Crippen LogP contribution in [-0.2, 0) is 9.53 Å². The summed E-state index contributed by atoms with van der Waals surface area (Å²) in [5, 5.41) is 22.1. The number of esters is 1. The maximum atomic E-state index is 12.6. The van der Waals surface area contributed by atoms with Gasteiger partial charge in [0.05, 0.1) is 12.7 Å². The lowest BCUT2D eigenvalue weighted by molar-refractivity contribution is -0.148. The van der Waals surface area contributed by atoms with Crippen molar-refractivity contribution in [3.8, 4) is 0 Å². The average Bonchev–Trinajstić information content (AvgIpc) is 2.75. The molecule has 0 radical (unpaired) electrons. The molecule has 5 heteroatoms. The van der Waals surface area contributed by atoms with E-state index in [1.807, 2.05) is 6.92 Å². The van der Waals surface area contributed by atoms with Crippen molar-refractivity contribution in [1.29, 1.82) is 0 Å². The molecule has 0 aromatic heterocycles. The molecular formula is C29H53NO4. The van der Waals surface area contributed by atoms with Crippen molar-refractivity contribution >= 4 is 11.7 Å². The first kappa shape index (κ1) is 29.3. The van der Waals surface area contributed by atoms with Crippen LogP contribution in [0.25, 0.3) is 0 Å². The third-order valence-electron chi connectivity index (χ3n) is 8.64. The van der Waals surface area contributed by atoms with Gasteiger partial charge in [0.25, 0.3) is 0 Å². The van der Waals surface area contributed by atoms with E-state index in [1.165, 1.54) is 51.4 Å². The average molecular weight is 480 g/mol. The Balaban J connectivity index is 1.77. The zero-order chi connectivity index (χ0) is 25.4. The van der Waals surface area contributed by atoms with Gasteiger partial charge in [0.15, 0.2) is 6.04 Å². The molecule has 0 heterocycles. The van der Waals surface area contributed by atoms with Gasteiger partial charge >= 0.3 is 5.97 Å². The van der Waals surface area contributed by atoms with Gasteiger partial charge in [-0.25, -0.2) is 4.79 Å². The Labute approximate surface area is 209 Å². The lowest BCUT2D eigenvalue weighted by Crippen LogP contribution is -2.65. The van der Waals surface area contributed by atoms with Gasteiger partial charge < -0.3 is 14.9 Å². The number of rotatable bonds is 16. The molecular weight excluding hydrogens is 426 g/mol. The molecule has 3 aliphatic rings. The maximum Gasteiger partial charge on any atom is 0.333 e. The highest BCUT2D eigenvalue weighted by Gasteiger charge is 2.61. The Kier molecular flexibility index (Phi) is 11.5. The van der Waals surface area contributed by atoms with Crippen LogP contribution in [0.3, 0.4) is 0 Å². The van der Waals surface area contributed by atoms with Crippen LogP contribution in [0.2, 0.25) is 0 Å². The molecule has 5 nitrogen and oxygen atoms in total. The minimum absolute atomic E-state index is 0.0919. The predicted octanol–water partition coefficient (Wildman–Crippen LogP) is 6.48. The van der Waals surface area contributed by atoms with E-state index in [0.717, 1.165) is 25.2 Å². The summed E-state index contributed by atoms with van der Waals surface area (Å²) in [6, 6.07) is -0.937. The molecule has 0 amide bonds. The Morgan fingerprint density at radius 1 is 1.00 bits per heavy atom. The van der Waals surface area contributed by atoms with Crippen LogP contribution in [0, 0.1) is 23.2 Å². The summed E-state index contributed by atoms with van der Waals surface area (Å²) >= 11 is 0. The highest BCUT2D eigenvalue weighted by Crippen LogP contribution is 2.61. The quantitative estimate of drug-likeness (QED) is 0.196. The first-order chi connectivity index (χ1) is 16.0. The Morgan fingerprint density at radius 2 is 1.53 bits per heavy atom. The number of hydrogen-bond acceptors (Lipinski definition) is 5. The molecule has 3 aliphatic carbocycles. The number of ether oxygens (including phenoxy) is 1. The number of aliphatic imine (C=N–C) groups is 1. The van der Waals surface area contributed by atoms with E-state index in [4.69, 9.17) is 4.74 Å². The van der Waals surface area contributed by atoms with Crippen molar-refractivity contribution in [2.75, 3.05) is 6.61 Å². The SMILES string of the molecule is CCOC(=O)[C@H](N=C1C[C@@H]2C[C@@H](C2(C)C)[C@]1(C)O)[C@H](O)CCCCCCCCCCCC(C)C. The van der Waals surface area contributed by atoms with Crippen LogP contribution in [0.5, 0.6) is 0 Å². The fraction of sp³-hybridized carbons (Fsp3) is 0.931. The van der Waals surface area contributed by atoms with E-state index in [-0.39, 0.29) is 17.9 Å². The van der Waals surface area contributed by atoms with Crippen LogP contribution in [0.15, 0.2) is 4.99 Å². The number of aliphatic hydroxyl groups excluding tert-OH is 1. The van der Waals surface area contributed by atoms with Crippen LogP contribution < -0.4 is 0 Å². The van der Waals surface area contributed by atoms with Crippen molar-refractivity contribution in [3.05, 3.63) is 0 Å². The van der Waals surface area contributed by atoms with Crippen LogP contribution in [-0.4, -0.2) is 46.2 Å². The van der Waals surface area contributed by atoms with Gasteiger partial charge in [-0.2, -0.15) is 0 Å². The number of carbonyl (C=O) groups excluding carboxylic acids is 1. The molecule has 0 aliphatic heterocycles. The second-order valence-electron chi connectivity index (χ2n) is 12.2. The van der Waals surface area contributed by atoms with Crippen molar-refractivity contribution in [1.82, 2.24) is 0 Å². The van der Waals surface area contributed by atoms with Gasteiger partial charge in [-0.3, -0.25) is 4.99 Å². The molecule has 34 heavy (non-hydrogen) atoms. The van der Waals surface area contributed by atoms with Gasteiger partial charge in [-0.05, 0) is 56.3 Å². The fourth-order valence-electron chi connectivity index (χ4n) is 6.13. The van der Waals surface area contributed by atoms with Gasteiger partial charge in [0.2, 0.25) is 0 Å². The lowest BCUT2D eigenvalue weighted by Gasteiger charge is -2.62. The van der Waals surface area contributed by atoms with Crippen molar-refractivity contribution in [3.63, 3.8) is 0 Å². The summed E-state index contributed by atoms with van der Waals surface area (Å²) in [5.74, 6) is 0.965. The highest BCUT2D eigenvalue weighted by atomic mass is 16.5. The number of unbranched alkanes of at least 4 members (excludes halogenated alkanes) is 8. The van der Waals surface area contributed by atoms with E-state index >= 15 is 0 Å². The second kappa shape index (κ2) is 13.4. The standard InChI is InChI=1S/C29H53NO4/c1-7-34-27(32)26(30-25-20-22-19-24(28(22,4)5)29(25,6)33)23(31)18-16-14-12-10-8-9-11-13-15-17-21(2)3/h21-24,26,31,33H,7-20H2,1-6H3/t22-,23+,24-,26+,29-/m0/s1. The number of nitrogens with zero attached hydrogens (tertiary/aromatic N) is 1. The third-order valence-corrected chi connectivity index (χ3v) is 8.64.